The van der Waals surface area contributed by atoms with Gasteiger partial charge in [-0.05, 0) is 36.8 Å². The summed E-state index contributed by atoms with van der Waals surface area (Å²) in [5, 5.41) is 0. The highest BCUT2D eigenvalue weighted by Gasteiger charge is 2.45. The van der Waals surface area contributed by atoms with Crippen molar-refractivity contribution in [3.63, 3.8) is 0 Å². The Morgan fingerprint density at radius 1 is 1.09 bits per heavy atom. The molecule has 1 saturated carbocycles. The maximum Gasteiger partial charge on any atom is 0.243 e. The molecule has 3 unspecified atom stereocenters. The van der Waals surface area contributed by atoms with E-state index < -0.39 is 10.0 Å². The number of hydrogen-bond donors (Lipinski definition) is 1. The fraction of sp³-hybridized carbons (Fsp3) is 0.600. The van der Waals surface area contributed by atoms with Crippen LogP contribution in [0.1, 0.15) is 12.8 Å². The van der Waals surface area contributed by atoms with E-state index in [9.17, 15) is 8.42 Å². The van der Waals surface area contributed by atoms with Crippen LogP contribution in [-0.2, 0) is 10.0 Å². The maximum absolute atomic E-state index is 12.8. The first kappa shape index (κ1) is 16.8. The van der Waals surface area contributed by atoms with Crippen molar-refractivity contribution >= 4 is 22.4 Å². The zero-order valence-electron chi connectivity index (χ0n) is 12.7. The Morgan fingerprint density at radius 3 is 2.57 bits per heavy atom. The number of hydrogen-bond acceptors (Lipinski definition) is 5. The zero-order valence-corrected chi connectivity index (χ0v) is 14.3. The second-order valence-corrected chi connectivity index (χ2v) is 8.23. The third kappa shape index (κ3) is 2.80. The van der Waals surface area contributed by atoms with Crippen LogP contribution in [0.4, 0.5) is 0 Å². The molecule has 0 radical (unpaired) electrons. The molecular weight excluding hydrogens is 340 g/mol. The van der Waals surface area contributed by atoms with Gasteiger partial charge in [-0.3, -0.25) is 0 Å². The predicted molar refractivity (Wildman–Crippen MR) is 87.6 cm³/mol. The standard InChI is InChI=1S/C15H20N2O4S.ClH/c16-13-3-1-10-8-17(9-12(10)13)22(18,19)11-2-4-14-15(7-11)21-6-5-20-14;/h2,4,7,10,12-13H,1,3,5-6,8-9,16H2;1H. The minimum absolute atomic E-state index is 0. The highest BCUT2D eigenvalue weighted by molar-refractivity contribution is 7.89. The Balaban J connectivity index is 0.00000156. The molecule has 3 atom stereocenters. The van der Waals surface area contributed by atoms with Gasteiger partial charge in [0.15, 0.2) is 11.5 Å². The summed E-state index contributed by atoms with van der Waals surface area (Å²) in [7, 11) is -3.50. The van der Waals surface area contributed by atoms with E-state index in [4.69, 9.17) is 15.2 Å². The quantitative estimate of drug-likeness (QED) is 0.858. The third-order valence-electron chi connectivity index (χ3n) is 5.03. The van der Waals surface area contributed by atoms with E-state index in [0.717, 1.165) is 12.8 Å². The fourth-order valence-electron chi connectivity index (χ4n) is 3.80. The van der Waals surface area contributed by atoms with Crippen molar-refractivity contribution in [1.29, 1.82) is 0 Å². The summed E-state index contributed by atoms with van der Waals surface area (Å²) in [6.45, 7) is 2.05. The van der Waals surface area contributed by atoms with Gasteiger partial charge >= 0.3 is 0 Å². The first-order valence-electron chi connectivity index (χ1n) is 7.71. The summed E-state index contributed by atoms with van der Waals surface area (Å²) >= 11 is 0. The molecular formula is C15H21ClN2O4S. The van der Waals surface area contributed by atoms with Crippen LogP contribution >= 0.6 is 12.4 Å². The lowest BCUT2D eigenvalue weighted by molar-refractivity contribution is 0.171. The van der Waals surface area contributed by atoms with Crippen LogP contribution in [0.25, 0.3) is 0 Å². The summed E-state index contributed by atoms with van der Waals surface area (Å²) < 4.78 is 38.2. The van der Waals surface area contributed by atoms with Crippen LogP contribution in [0.2, 0.25) is 0 Å². The van der Waals surface area contributed by atoms with Crippen molar-refractivity contribution < 1.29 is 17.9 Å². The molecule has 1 saturated heterocycles. The normalized spacial score (nSPS) is 29.9. The number of halogens is 1. The summed E-state index contributed by atoms with van der Waals surface area (Å²) in [5.74, 6) is 1.81. The van der Waals surface area contributed by atoms with E-state index >= 15 is 0 Å². The smallest absolute Gasteiger partial charge is 0.243 e. The number of rotatable bonds is 2. The van der Waals surface area contributed by atoms with Crippen LogP contribution in [-0.4, -0.2) is 45.1 Å². The van der Waals surface area contributed by atoms with Gasteiger partial charge < -0.3 is 15.2 Å². The molecule has 4 rings (SSSR count). The molecule has 2 aliphatic heterocycles. The largest absolute Gasteiger partial charge is 0.486 e. The van der Waals surface area contributed by atoms with E-state index in [1.807, 2.05) is 0 Å². The maximum atomic E-state index is 12.8. The van der Waals surface area contributed by atoms with E-state index in [2.05, 4.69) is 0 Å². The molecule has 8 heteroatoms. The molecule has 2 N–H and O–H groups in total. The number of fused-ring (bicyclic) bond motifs is 2. The van der Waals surface area contributed by atoms with Gasteiger partial charge in [0.1, 0.15) is 13.2 Å². The van der Waals surface area contributed by atoms with Crippen LogP contribution in [0.15, 0.2) is 23.1 Å². The zero-order chi connectivity index (χ0) is 15.3. The second-order valence-electron chi connectivity index (χ2n) is 6.29. The number of sulfonamides is 1. The van der Waals surface area contributed by atoms with E-state index in [1.165, 1.54) is 0 Å². The SMILES string of the molecule is Cl.NC1CCC2CN(S(=O)(=O)c3ccc4c(c3)OCCO4)CC12. The lowest BCUT2D eigenvalue weighted by Crippen LogP contribution is -2.33. The van der Waals surface area contributed by atoms with Crippen LogP contribution < -0.4 is 15.2 Å². The predicted octanol–water partition coefficient (Wildman–Crippen LogP) is 1.24. The van der Waals surface area contributed by atoms with Gasteiger partial charge in [-0.1, -0.05) is 0 Å². The molecule has 2 fully saturated rings. The Hall–Kier alpha value is -1.02. The summed E-state index contributed by atoms with van der Waals surface area (Å²) in [6, 6.07) is 4.96. The van der Waals surface area contributed by atoms with Gasteiger partial charge in [-0.25, -0.2) is 8.42 Å². The lowest BCUT2D eigenvalue weighted by Gasteiger charge is -2.21. The van der Waals surface area contributed by atoms with Crippen molar-refractivity contribution in [1.82, 2.24) is 4.31 Å². The van der Waals surface area contributed by atoms with Crippen LogP contribution in [0.5, 0.6) is 11.5 Å². The Labute approximate surface area is 142 Å². The second kappa shape index (κ2) is 6.12. The molecule has 6 nitrogen and oxygen atoms in total. The van der Waals surface area contributed by atoms with Gasteiger partial charge in [0.05, 0.1) is 4.90 Å². The van der Waals surface area contributed by atoms with E-state index in [1.54, 1.807) is 22.5 Å². The van der Waals surface area contributed by atoms with Crippen molar-refractivity contribution in [2.45, 2.75) is 23.8 Å². The van der Waals surface area contributed by atoms with Gasteiger partial charge in [0.2, 0.25) is 10.0 Å². The van der Waals surface area contributed by atoms with E-state index in [0.29, 0.717) is 49.6 Å². The van der Waals surface area contributed by atoms with Crippen molar-refractivity contribution in [3.8, 4) is 11.5 Å². The number of benzene rings is 1. The Bertz CT molecular complexity index is 697. The number of ether oxygens (including phenoxy) is 2. The summed E-state index contributed by atoms with van der Waals surface area (Å²) in [6.07, 6.45) is 2.03. The molecule has 3 aliphatic rings. The van der Waals surface area contributed by atoms with E-state index in [-0.39, 0.29) is 23.3 Å². The Morgan fingerprint density at radius 2 is 1.83 bits per heavy atom. The minimum atomic E-state index is -3.50. The molecule has 0 spiro atoms. The molecule has 1 aromatic carbocycles. The lowest BCUT2D eigenvalue weighted by atomic mass is 9.98. The summed E-state index contributed by atoms with van der Waals surface area (Å²) in [4.78, 5) is 0.269. The fourth-order valence-corrected chi connectivity index (χ4v) is 5.35. The highest BCUT2D eigenvalue weighted by Crippen LogP contribution is 2.40. The summed E-state index contributed by atoms with van der Waals surface area (Å²) in [5.41, 5.74) is 6.10. The molecule has 0 bridgehead atoms. The van der Waals surface area contributed by atoms with Gasteiger partial charge in [0, 0.05) is 25.2 Å². The third-order valence-corrected chi connectivity index (χ3v) is 6.86. The Kier molecular flexibility index (Phi) is 4.48. The number of nitrogens with zero attached hydrogens (tertiary/aromatic N) is 1. The molecule has 128 valence electrons. The van der Waals surface area contributed by atoms with Gasteiger partial charge in [-0.2, -0.15) is 4.31 Å². The molecule has 0 aromatic heterocycles. The van der Waals surface area contributed by atoms with Gasteiger partial charge in [0.25, 0.3) is 0 Å². The van der Waals surface area contributed by atoms with Crippen LogP contribution in [0.3, 0.4) is 0 Å². The average molecular weight is 361 g/mol. The highest BCUT2D eigenvalue weighted by atomic mass is 35.5. The number of nitrogens with two attached hydrogens (primary N) is 1. The molecule has 1 aromatic rings. The molecule has 2 heterocycles. The minimum Gasteiger partial charge on any atom is -0.486 e. The van der Waals surface area contributed by atoms with Gasteiger partial charge in [-0.15, -0.1) is 12.4 Å². The average Bonchev–Trinajstić information content (AvgIpc) is 3.10. The first-order chi connectivity index (χ1) is 10.6. The molecule has 0 amide bonds. The van der Waals surface area contributed by atoms with Crippen molar-refractivity contribution in [3.05, 3.63) is 18.2 Å². The van der Waals surface area contributed by atoms with Crippen LogP contribution in [0, 0.1) is 11.8 Å². The van der Waals surface area contributed by atoms with Crippen molar-refractivity contribution in [2.24, 2.45) is 17.6 Å². The molecule has 23 heavy (non-hydrogen) atoms. The topological polar surface area (TPSA) is 81.9 Å². The molecule has 1 aliphatic carbocycles. The van der Waals surface area contributed by atoms with Crippen molar-refractivity contribution in [2.75, 3.05) is 26.3 Å². The first-order valence-corrected chi connectivity index (χ1v) is 9.15. The monoisotopic (exact) mass is 360 g/mol.